The average Bonchev–Trinajstić information content (AvgIpc) is 2.75. The molecule has 2 rings (SSSR count). The number of benzene rings is 1. The molecule has 2 aromatic rings. The molecule has 0 saturated heterocycles. The van der Waals surface area contributed by atoms with Gasteiger partial charge in [0.1, 0.15) is 0 Å². The molecular formula is C16H22N2S. The quantitative estimate of drug-likeness (QED) is 0.924. The molecule has 19 heavy (non-hydrogen) atoms. The number of aromatic nitrogens is 1. The molecule has 0 atom stereocenters. The zero-order valence-corrected chi connectivity index (χ0v) is 13.0. The van der Waals surface area contributed by atoms with Crippen molar-refractivity contribution in [1.29, 1.82) is 0 Å². The van der Waals surface area contributed by atoms with Crippen LogP contribution in [0.2, 0.25) is 0 Å². The van der Waals surface area contributed by atoms with Gasteiger partial charge in [-0.2, -0.15) is 0 Å². The molecule has 3 heteroatoms. The molecule has 0 saturated carbocycles. The Morgan fingerprint density at radius 2 is 1.79 bits per heavy atom. The van der Waals surface area contributed by atoms with Crippen molar-refractivity contribution in [3.05, 3.63) is 51.0 Å². The normalized spacial score (nSPS) is 11.8. The number of nitrogens with two attached hydrogens (primary N) is 1. The minimum absolute atomic E-state index is 0.0662. The van der Waals surface area contributed by atoms with Gasteiger partial charge >= 0.3 is 0 Å². The Morgan fingerprint density at radius 3 is 2.26 bits per heavy atom. The minimum Gasteiger partial charge on any atom is -0.326 e. The van der Waals surface area contributed by atoms with Gasteiger partial charge in [-0.25, -0.2) is 4.98 Å². The highest BCUT2D eigenvalue weighted by molar-refractivity contribution is 7.11. The number of hydrogen-bond donors (Lipinski definition) is 1. The van der Waals surface area contributed by atoms with Gasteiger partial charge in [0.2, 0.25) is 0 Å². The molecule has 2 nitrogen and oxygen atoms in total. The Hall–Kier alpha value is -1.19. The van der Waals surface area contributed by atoms with Crippen molar-refractivity contribution < 1.29 is 0 Å². The van der Waals surface area contributed by atoms with E-state index in [1.54, 1.807) is 11.3 Å². The van der Waals surface area contributed by atoms with Crippen molar-refractivity contribution in [3.63, 3.8) is 0 Å². The van der Waals surface area contributed by atoms with Crippen molar-refractivity contribution in [2.45, 2.75) is 46.1 Å². The third-order valence-corrected chi connectivity index (χ3v) is 4.19. The Labute approximate surface area is 119 Å². The van der Waals surface area contributed by atoms with E-state index in [-0.39, 0.29) is 5.41 Å². The molecule has 0 aliphatic carbocycles. The molecule has 0 amide bonds. The van der Waals surface area contributed by atoms with Gasteiger partial charge in [0.15, 0.2) is 0 Å². The number of hydrogen-bond acceptors (Lipinski definition) is 3. The summed E-state index contributed by atoms with van der Waals surface area (Å²) in [5.74, 6) is 0. The first-order chi connectivity index (χ1) is 8.90. The summed E-state index contributed by atoms with van der Waals surface area (Å²) in [5, 5.41) is 1.16. The molecule has 0 unspecified atom stereocenters. The van der Waals surface area contributed by atoms with Gasteiger partial charge in [-0.15, -0.1) is 11.3 Å². The largest absolute Gasteiger partial charge is 0.326 e. The number of aryl methyl sites for hydroxylation is 1. The topological polar surface area (TPSA) is 38.9 Å². The van der Waals surface area contributed by atoms with Gasteiger partial charge in [0.25, 0.3) is 0 Å². The van der Waals surface area contributed by atoms with Crippen LogP contribution >= 0.6 is 11.3 Å². The third-order valence-electron chi connectivity index (χ3n) is 3.11. The van der Waals surface area contributed by atoms with Crippen LogP contribution in [-0.2, 0) is 18.4 Å². The number of nitrogens with zero attached hydrogens (tertiary/aromatic N) is 1. The Balaban J connectivity index is 2.26. The summed E-state index contributed by atoms with van der Waals surface area (Å²) < 4.78 is 0. The van der Waals surface area contributed by atoms with Crippen molar-refractivity contribution in [2.75, 3.05) is 0 Å². The zero-order chi connectivity index (χ0) is 14.0. The second-order valence-corrected chi connectivity index (χ2v) is 7.16. The first-order valence-electron chi connectivity index (χ1n) is 6.65. The lowest BCUT2D eigenvalue weighted by atomic mass is 9.91. The van der Waals surface area contributed by atoms with E-state index in [1.807, 2.05) is 0 Å². The molecule has 0 aliphatic rings. The minimum atomic E-state index is 0.0662. The second-order valence-electron chi connectivity index (χ2n) is 6.00. The fraction of sp³-hybridized carbons (Fsp3) is 0.438. The van der Waals surface area contributed by atoms with Gasteiger partial charge in [-0.1, -0.05) is 50.6 Å². The van der Waals surface area contributed by atoms with E-state index in [9.17, 15) is 0 Å². The van der Waals surface area contributed by atoms with Crippen LogP contribution < -0.4 is 5.73 Å². The summed E-state index contributed by atoms with van der Waals surface area (Å²) in [6.45, 7) is 9.26. The van der Waals surface area contributed by atoms with E-state index >= 15 is 0 Å². The summed E-state index contributed by atoms with van der Waals surface area (Å²) in [6, 6.07) is 8.65. The van der Waals surface area contributed by atoms with Gasteiger partial charge in [0.05, 0.1) is 10.7 Å². The molecule has 0 spiro atoms. The summed E-state index contributed by atoms with van der Waals surface area (Å²) in [7, 11) is 0. The predicted molar refractivity (Wildman–Crippen MR) is 82.7 cm³/mol. The molecule has 2 N–H and O–H groups in total. The number of rotatable bonds is 3. The molecule has 1 heterocycles. The highest BCUT2D eigenvalue weighted by Gasteiger charge is 2.22. The van der Waals surface area contributed by atoms with Gasteiger partial charge < -0.3 is 5.73 Å². The Bertz CT molecular complexity index is 547. The lowest BCUT2D eigenvalue weighted by Gasteiger charge is -2.16. The van der Waals surface area contributed by atoms with Crippen molar-refractivity contribution in [3.8, 4) is 0 Å². The second kappa shape index (κ2) is 5.43. The van der Waals surface area contributed by atoms with E-state index in [0.717, 1.165) is 17.1 Å². The molecule has 0 bridgehead atoms. The van der Waals surface area contributed by atoms with Crippen LogP contribution in [0, 0.1) is 6.92 Å². The fourth-order valence-corrected chi connectivity index (χ4v) is 3.27. The van der Waals surface area contributed by atoms with Crippen LogP contribution in [0.15, 0.2) is 24.3 Å². The van der Waals surface area contributed by atoms with Crippen LogP contribution in [-0.4, -0.2) is 4.98 Å². The van der Waals surface area contributed by atoms with E-state index in [0.29, 0.717) is 6.54 Å². The van der Waals surface area contributed by atoms with Crippen LogP contribution in [0.25, 0.3) is 0 Å². The maximum absolute atomic E-state index is 5.84. The fourth-order valence-electron chi connectivity index (χ4n) is 2.08. The molecule has 1 aromatic carbocycles. The first kappa shape index (κ1) is 14.2. The van der Waals surface area contributed by atoms with Gasteiger partial charge in [-0.05, 0) is 12.5 Å². The van der Waals surface area contributed by atoms with Gasteiger partial charge in [-0.3, -0.25) is 0 Å². The molecule has 0 fully saturated rings. The van der Waals surface area contributed by atoms with Crippen molar-refractivity contribution in [2.24, 2.45) is 5.73 Å². The average molecular weight is 274 g/mol. The van der Waals surface area contributed by atoms with Crippen molar-refractivity contribution >= 4 is 11.3 Å². The smallest absolute Gasteiger partial charge is 0.0975 e. The third kappa shape index (κ3) is 3.43. The summed E-state index contributed by atoms with van der Waals surface area (Å²) in [5.41, 5.74) is 9.67. The van der Waals surface area contributed by atoms with E-state index < -0.39 is 0 Å². The van der Waals surface area contributed by atoms with E-state index in [1.165, 1.54) is 16.0 Å². The summed E-state index contributed by atoms with van der Waals surface area (Å²) in [6.07, 6.45) is 0.897. The Kier molecular flexibility index (Phi) is 4.07. The molecule has 0 radical (unpaired) electrons. The lowest BCUT2D eigenvalue weighted by molar-refractivity contribution is 0.565. The first-order valence-corrected chi connectivity index (χ1v) is 7.46. The highest BCUT2D eigenvalue weighted by atomic mass is 32.1. The van der Waals surface area contributed by atoms with Gasteiger partial charge in [0, 0.05) is 23.3 Å². The lowest BCUT2D eigenvalue weighted by Crippen LogP contribution is -2.15. The maximum atomic E-state index is 5.84. The zero-order valence-electron chi connectivity index (χ0n) is 12.2. The predicted octanol–water partition coefficient (Wildman–Crippen LogP) is 3.80. The standard InChI is InChI=1S/C16H22N2S/c1-11-5-7-12(8-6-11)9-14-18-15(16(2,3)4)13(10-17)19-14/h5-8H,9-10,17H2,1-4H3. The van der Waals surface area contributed by atoms with Crippen LogP contribution in [0.3, 0.4) is 0 Å². The highest BCUT2D eigenvalue weighted by Crippen LogP contribution is 2.30. The molecule has 102 valence electrons. The monoisotopic (exact) mass is 274 g/mol. The summed E-state index contributed by atoms with van der Waals surface area (Å²) in [4.78, 5) is 6.03. The van der Waals surface area contributed by atoms with Crippen LogP contribution in [0.4, 0.5) is 0 Å². The summed E-state index contributed by atoms with van der Waals surface area (Å²) >= 11 is 1.75. The maximum Gasteiger partial charge on any atom is 0.0975 e. The van der Waals surface area contributed by atoms with Crippen molar-refractivity contribution in [1.82, 2.24) is 4.98 Å². The molecule has 1 aromatic heterocycles. The van der Waals surface area contributed by atoms with Crippen LogP contribution in [0.1, 0.15) is 47.5 Å². The van der Waals surface area contributed by atoms with Crippen LogP contribution in [0.5, 0.6) is 0 Å². The molecular weight excluding hydrogens is 252 g/mol. The SMILES string of the molecule is Cc1ccc(Cc2nc(C(C)(C)C)c(CN)s2)cc1. The van der Waals surface area contributed by atoms with E-state index in [4.69, 9.17) is 10.7 Å². The molecule has 0 aliphatic heterocycles. The van der Waals surface area contributed by atoms with E-state index in [2.05, 4.69) is 52.0 Å². The Morgan fingerprint density at radius 1 is 1.16 bits per heavy atom. The number of thiazole rings is 1.